The largest absolute Gasteiger partial charge is 0.472 e. The van der Waals surface area contributed by atoms with Gasteiger partial charge in [-0.3, -0.25) is 4.40 Å². The molecule has 0 unspecified atom stereocenters. The highest BCUT2D eigenvalue weighted by atomic mass is 79.9. The summed E-state index contributed by atoms with van der Waals surface area (Å²) in [5.41, 5.74) is 1.24. The Kier molecular flexibility index (Phi) is 3.25. The number of imidazole rings is 1. The van der Waals surface area contributed by atoms with Crippen molar-refractivity contribution in [3.63, 3.8) is 0 Å². The second kappa shape index (κ2) is 4.78. The van der Waals surface area contributed by atoms with Crippen molar-refractivity contribution < 1.29 is 4.74 Å². The molecule has 102 valence electrons. The molecule has 1 fully saturated rings. The van der Waals surface area contributed by atoms with Gasteiger partial charge in [0.05, 0.1) is 0 Å². The van der Waals surface area contributed by atoms with Gasteiger partial charge >= 0.3 is 0 Å². The predicted octanol–water partition coefficient (Wildman–Crippen LogP) is 3.84. The van der Waals surface area contributed by atoms with E-state index in [4.69, 9.17) is 4.74 Å². The molecule has 1 aliphatic rings. The molecule has 0 atom stereocenters. The lowest BCUT2D eigenvalue weighted by molar-refractivity contribution is 0.0956. The van der Waals surface area contributed by atoms with Crippen molar-refractivity contribution in [1.82, 2.24) is 14.4 Å². The van der Waals surface area contributed by atoms with Gasteiger partial charge in [0.15, 0.2) is 0 Å². The van der Waals surface area contributed by atoms with Gasteiger partial charge in [0.25, 0.3) is 5.88 Å². The quantitative estimate of drug-likeness (QED) is 0.842. The van der Waals surface area contributed by atoms with Crippen molar-refractivity contribution in [1.29, 1.82) is 0 Å². The topological polar surface area (TPSA) is 39.4 Å². The SMILES string of the molecule is CC1(C)CCC(Oc2nc(Br)cn3ccnc23)CC1. The van der Waals surface area contributed by atoms with Crippen molar-refractivity contribution in [2.45, 2.75) is 45.6 Å². The lowest BCUT2D eigenvalue weighted by atomic mass is 9.76. The molecular weight excluding hydrogens is 306 g/mol. The summed E-state index contributed by atoms with van der Waals surface area (Å²) in [6, 6.07) is 0. The van der Waals surface area contributed by atoms with Crippen LogP contribution < -0.4 is 4.74 Å². The van der Waals surface area contributed by atoms with Crippen LogP contribution in [0.2, 0.25) is 0 Å². The Hall–Kier alpha value is -1.10. The third-order valence-corrected chi connectivity index (χ3v) is 4.26. The molecule has 19 heavy (non-hydrogen) atoms. The van der Waals surface area contributed by atoms with Crippen LogP contribution in [0.15, 0.2) is 23.2 Å². The summed E-state index contributed by atoms with van der Waals surface area (Å²) in [6.07, 6.45) is 10.4. The maximum Gasteiger partial charge on any atom is 0.259 e. The van der Waals surface area contributed by atoms with E-state index in [9.17, 15) is 0 Å². The van der Waals surface area contributed by atoms with E-state index in [2.05, 4.69) is 39.7 Å². The van der Waals surface area contributed by atoms with Crippen LogP contribution in [-0.4, -0.2) is 20.5 Å². The molecule has 0 aliphatic heterocycles. The number of rotatable bonds is 2. The Morgan fingerprint density at radius 1 is 1.37 bits per heavy atom. The van der Waals surface area contributed by atoms with Crippen molar-refractivity contribution in [2.75, 3.05) is 0 Å². The molecule has 2 aromatic heterocycles. The summed E-state index contributed by atoms with van der Waals surface area (Å²) in [7, 11) is 0. The zero-order valence-electron chi connectivity index (χ0n) is 11.3. The number of nitrogens with zero attached hydrogens (tertiary/aromatic N) is 3. The van der Waals surface area contributed by atoms with Gasteiger partial charge in [-0.1, -0.05) is 13.8 Å². The van der Waals surface area contributed by atoms with Gasteiger partial charge in [0.1, 0.15) is 10.7 Å². The molecule has 0 N–H and O–H groups in total. The zero-order valence-corrected chi connectivity index (χ0v) is 12.9. The van der Waals surface area contributed by atoms with Crippen LogP contribution in [-0.2, 0) is 0 Å². The van der Waals surface area contributed by atoms with E-state index in [1.165, 1.54) is 12.8 Å². The van der Waals surface area contributed by atoms with E-state index in [1.807, 2.05) is 16.8 Å². The van der Waals surface area contributed by atoms with E-state index < -0.39 is 0 Å². The van der Waals surface area contributed by atoms with Gasteiger partial charge in [-0.2, -0.15) is 0 Å². The molecule has 0 radical (unpaired) electrons. The number of halogens is 1. The molecule has 3 rings (SSSR count). The fraction of sp³-hybridized carbons (Fsp3) is 0.571. The second-order valence-electron chi connectivity index (χ2n) is 6.01. The first-order valence-electron chi connectivity index (χ1n) is 6.69. The first-order chi connectivity index (χ1) is 9.03. The van der Waals surface area contributed by atoms with Crippen LogP contribution in [0.5, 0.6) is 5.88 Å². The Morgan fingerprint density at radius 2 is 2.11 bits per heavy atom. The van der Waals surface area contributed by atoms with E-state index in [0.29, 0.717) is 11.3 Å². The third-order valence-electron chi connectivity index (χ3n) is 3.88. The van der Waals surface area contributed by atoms with Gasteiger partial charge in [-0.15, -0.1) is 0 Å². The fourth-order valence-electron chi connectivity index (χ4n) is 2.60. The zero-order chi connectivity index (χ0) is 13.5. The lowest BCUT2D eigenvalue weighted by Gasteiger charge is -2.34. The highest BCUT2D eigenvalue weighted by Gasteiger charge is 2.28. The summed E-state index contributed by atoms with van der Waals surface area (Å²) in [5.74, 6) is 0.629. The second-order valence-corrected chi connectivity index (χ2v) is 6.82. The number of aromatic nitrogens is 3. The standard InChI is InChI=1S/C14H18BrN3O/c1-14(2)5-3-10(4-6-14)19-13-12-16-7-8-18(12)9-11(15)17-13/h7-10H,3-6H2,1-2H3. The van der Waals surface area contributed by atoms with Gasteiger partial charge < -0.3 is 4.74 Å². The molecule has 2 heterocycles. The summed E-state index contributed by atoms with van der Waals surface area (Å²) in [5, 5.41) is 0. The Morgan fingerprint density at radius 3 is 2.84 bits per heavy atom. The Labute approximate surface area is 121 Å². The van der Waals surface area contributed by atoms with Crippen molar-refractivity contribution in [3.8, 4) is 5.88 Å². The number of fused-ring (bicyclic) bond motifs is 1. The summed E-state index contributed by atoms with van der Waals surface area (Å²) in [4.78, 5) is 8.72. The number of hydrogen-bond acceptors (Lipinski definition) is 3. The molecule has 4 nitrogen and oxygen atoms in total. The Balaban J connectivity index is 1.80. The maximum absolute atomic E-state index is 6.08. The lowest BCUT2D eigenvalue weighted by Crippen LogP contribution is -2.28. The van der Waals surface area contributed by atoms with Gasteiger partial charge in [0, 0.05) is 18.6 Å². The van der Waals surface area contributed by atoms with E-state index in [1.54, 1.807) is 6.20 Å². The van der Waals surface area contributed by atoms with Crippen LogP contribution in [0, 0.1) is 5.41 Å². The van der Waals surface area contributed by atoms with Crippen LogP contribution >= 0.6 is 15.9 Å². The van der Waals surface area contributed by atoms with Crippen molar-refractivity contribution in [2.24, 2.45) is 5.41 Å². The third kappa shape index (κ3) is 2.76. The number of ether oxygens (including phenoxy) is 1. The average Bonchev–Trinajstić information content (AvgIpc) is 2.80. The smallest absolute Gasteiger partial charge is 0.259 e. The molecule has 0 spiro atoms. The molecule has 1 saturated carbocycles. The maximum atomic E-state index is 6.08. The minimum absolute atomic E-state index is 0.260. The fourth-order valence-corrected chi connectivity index (χ4v) is 2.98. The summed E-state index contributed by atoms with van der Waals surface area (Å²) in [6.45, 7) is 4.65. The highest BCUT2D eigenvalue weighted by molar-refractivity contribution is 9.10. The van der Waals surface area contributed by atoms with Gasteiger partial charge in [0.2, 0.25) is 5.65 Å². The minimum Gasteiger partial charge on any atom is -0.472 e. The summed E-state index contributed by atoms with van der Waals surface area (Å²) >= 11 is 3.41. The van der Waals surface area contributed by atoms with Crippen LogP contribution in [0.1, 0.15) is 39.5 Å². The van der Waals surface area contributed by atoms with Crippen molar-refractivity contribution in [3.05, 3.63) is 23.2 Å². The molecular formula is C14H18BrN3O. The van der Waals surface area contributed by atoms with Crippen LogP contribution in [0.25, 0.3) is 5.65 Å². The van der Waals surface area contributed by atoms with Crippen LogP contribution in [0.3, 0.4) is 0 Å². The first-order valence-corrected chi connectivity index (χ1v) is 7.49. The molecule has 1 aliphatic carbocycles. The Bertz CT molecular complexity index is 583. The van der Waals surface area contributed by atoms with Crippen LogP contribution in [0.4, 0.5) is 0 Å². The molecule has 2 aromatic rings. The van der Waals surface area contributed by atoms with E-state index in [-0.39, 0.29) is 6.10 Å². The minimum atomic E-state index is 0.260. The number of hydrogen-bond donors (Lipinski definition) is 0. The molecule has 0 saturated heterocycles. The average molecular weight is 324 g/mol. The van der Waals surface area contributed by atoms with Crippen molar-refractivity contribution >= 4 is 21.6 Å². The predicted molar refractivity (Wildman–Crippen MR) is 77.4 cm³/mol. The van der Waals surface area contributed by atoms with E-state index in [0.717, 1.165) is 23.1 Å². The van der Waals surface area contributed by atoms with Gasteiger partial charge in [-0.25, -0.2) is 9.97 Å². The highest BCUT2D eigenvalue weighted by Crippen LogP contribution is 2.36. The first kappa shape index (κ1) is 12.9. The molecule has 0 bridgehead atoms. The monoisotopic (exact) mass is 323 g/mol. The normalized spacial score (nSPS) is 19.7. The molecule has 5 heteroatoms. The summed E-state index contributed by atoms with van der Waals surface area (Å²) < 4.78 is 8.77. The van der Waals surface area contributed by atoms with Gasteiger partial charge in [-0.05, 0) is 47.0 Å². The van der Waals surface area contributed by atoms with E-state index >= 15 is 0 Å². The molecule has 0 amide bonds. The molecule has 0 aromatic carbocycles.